The zero-order valence-corrected chi connectivity index (χ0v) is 18.1. The molecule has 0 bridgehead atoms. The molecule has 2 aliphatic heterocycles. The number of hydrogen-bond acceptors (Lipinski definition) is 9. The predicted molar refractivity (Wildman–Crippen MR) is 112 cm³/mol. The Hall–Kier alpha value is -2.47. The fourth-order valence-electron chi connectivity index (χ4n) is 4.05. The van der Waals surface area contributed by atoms with E-state index in [0.29, 0.717) is 50.4 Å². The largest absolute Gasteiger partial charge is 0.449 e. The Bertz CT molecular complexity index is 937. The number of aliphatic hydroxyl groups is 1. The molecule has 176 valence electrons. The average molecular weight is 453 g/mol. The molecule has 0 saturated carbocycles. The predicted octanol–water partition coefficient (Wildman–Crippen LogP) is 2.95. The SMILES string of the molecule is C[C@@H]1CN(c2c(C3OCCO3)cc3c(NC(=O)OCCCCO)noc3c2F)C[C@@H](C)O1. The molecule has 0 unspecified atom stereocenters. The number of hydrogen-bond donors (Lipinski definition) is 2. The zero-order valence-electron chi connectivity index (χ0n) is 18.1. The highest BCUT2D eigenvalue weighted by Crippen LogP contribution is 2.41. The van der Waals surface area contributed by atoms with Gasteiger partial charge in [-0.2, -0.15) is 0 Å². The van der Waals surface area contributed by atoms with Crippen molar-refractivity contribution in [3.63, 3.8) is 0 Å². The minimum Gasteiger partial charge on any atom is -0.449 e. The summed E-state index contributed by atoms with van der Waals surface area (Å²) in [6.45, 7) is 5.81. The van der Waals surface area contributed by atoms with Crippen LogP contribution in [0.2, 0.25) is 0 Å². The third-order valence-corrected chi connectivity index (χ3v) is 5.33. The maximum Gasteiger partial charge on any atom is 0.412 e. The quantitative estimate of drug-likeness (QED) is 0.611. The number of anilines is 2. The van der Waals surface area contributed by atoms with Crippen LogP contribution in [0.1, 0.15) is 38.5 Å². The molecule has 4 rings (SSSR count). The zero-order chi connectivity index (χ0) is 22.7. The molecule has 0 spiro atoms. The van der Waals surface area contributed by atoms with E-state index in [4.69, 9.17) is 28.6 Å². The van der Waals surface area contributed by atoms with Crippen molar-refractivity contribution in [1.82, 2.24) is 5.16 Å². The highest BCUT2D eigenvalue weighted by atomic mass is 19.1. The molecule has 32 heavy (non-hydrogen) atoms. The number of benzene rings is 1. The van der Waals surface area contributed by atoms with Crippen LogP contribution in [-0.2, 0) is 18.9 Å². The third kappa shape index (κ3) is 4.80. The number of amides is 1. The van der Waals surface area contributed by atoms with Crippen molar-refractivity contribution >= 4 is 28.6 Å². The molecular weight excluding hydrogens is 425 g/mol. The van der Waals surface area contributed by atoms with Crippen LogP contribution in [0.15, 0.2) is 10.6 Å². The molecule has 11 heteroatoms. The van der Waals surface area contributed by atoms with Crippen molar-refractivity contribution in [2.45, 2.75) is 45.2 Å². The first-order valence-corrected chi connectivity index (χ1v) is 10.8. The lowest BCUT2D eigenvalue weighted by Gasteiger charge is -2.38. The van der Waals surface area contributed by atoms with Gasteiger partial charge >= 0.3 is 6.09 Å². The highest BCUT2D eigenvalue weighted by molar-refractivity contribution is 5.98. The first kappa shape index (κ1) is 22.7. The van der Waals surface area contributed by atoms with E-state index >= 15 is 4.39 Å². The molecule has 0 aliphatic carbocycles. The van der Waals surface area contributed by atoms with Crippen molar-refractivity contribution in [3.05, 3.63) is 17.4 Å². The summed E-state index contributed by atoms with van der Waals surface area (Å²) in [5, 5.41) is 15.4. The van der Waals surface area contributed by atoms with Gasteiger partial charge in [0.15, 0.2) is 17.9 Å². The fourth-order valence-corrected chi connectivity index (χ4v) is 4.05. The molecule has 2 atom stereocenters. The van der Waals surface area contributed by atoms with Gasteiger partial charge < -0.3 is 33.5 Å². The summed E-state index contributed by atoms with van der Waals surface area (Å²) in [5.74, 6) is -0.560. The number of aromatic nitrogens is 1. The van der Waals surface area contributed by atoms with Crippen LogP contribution in [0.25, 0.3) is 11.0 Å². The second kappa shape index (κ2) is 9.99. The number of carbonyl (C=O) groups is 1. The summed E-state index contributed by atoms with van der Waals surface area (Å²) in [7, 11) is 0. The molecule has 2 saturated heterocycles. The van der Waals surface area contributed by atoms with E-state index in [2.05, 4.69) is 10.5 Å². The number of unbranched alkanes of at least 4 members (excludes halogenated alkanes) is 1. The van der Waals surface area contributed by atoms with Crippen LogP contribution in [0, 0.1) is 5.82 Å². The number of morpholine rings is 1. The smallest absolute Gasteiger partial charge is 0.412 e. The van der Waals surface area contributed by atoms with Gasteiger partial charge in [0.25, 0.3) is 0 Å². The molecule has 2 N–H and O–H groups in total. The molecule has 2 aromatic rings. The average Bonchev–Trinajstić information content (AvgIpc) is 3.41. The van der Waals surface area contributed by atoms with Crippen molar-refractivity contribution in [2.75, 3.05) is 49.7 Å². The molecular formula is C21H28FN3O7. The lowest BCUT2D eigenvalue weighted by Crippen LogP contribution is -2.46. The Kier molecular flexibility index (Phi) is 7.09. The maximum atomic E-state index is 15.8. The normalized spacial score (nSPS) is 21.9. The molecule has 0 radical (unpaired) electrons. The topological polar surface area (TPSA) is 116 Å². The lowest BCUT2D eigenvalue weighted by atomic mass is 10.1. The molecule has 1 amide bonds. The third-order valence-electron chi connectivity index (χ3n) is 5.33. The van der Waals surface area contributed by atoms with Crippen molar-refractivity contribution in [3.8, 4) is 0 Å². The Balaban J connectivity index is 1.66. The Morgan fingerprint density at radius 1 is 1.28 bits per heavy atom. The summed E-state index contributed by atoms with van der Waals surface area (Å²) >= 11 is 0. The molecule has 2 aliphatic rings. The Labute approximate surface area is 184 Å². The van der Waals surface area contributed by atoms with E-state index in [0.717, 1.165) is 0 Å². The number of halogens is 1. The highest BCUT2D eigenvalue weighted by Gasteiger charge is 2.33. The van der Waals surface area contributed by atoms with E-state index < -0.39 is 18.2 Å². The van der Waals surface area contributed by atoms with Crippen molar-refractivity contribution in [1.29, 1.82) is 0 Å². The van der Waals surface area contributed by atoms with E-state index in [9.17, 15) is 4.79 Å². The monoisotopic (exact) mass is 453 g/mol. The van der Waals surface area contributed by atoms with E-state index in [1.54, 1.807) is 6.07 Å². The summed E-state index contributed by atoms with van der Waals surface area (Å²) in [5.41, 5.74) is 0.737. The van der Waals surface area contributed by atoms with Crippen LogP contribution in [-0.4, -0.2) is 68.1 Å². The summed E-state index contributed by atoms with van der Waals surface area (Å²) < 4.78 is 43.2. The van der Waals surface area contributed by atoms with Crippen LogP contribution in [0.4, 0.5) is 20.7 Å². The van der Waals surface area contributed by atoms with Gasteiger partial charge in [-0.3, -0.25) is 5.32 Å². The fraction of sp³-hybridized carbons (Fsp3) is 0.619. The number of rotatable bonds is 7. The van der Waals surface area contributed by atoms with Crippen molar-refractivity contribution in [2.24, 2.45) is 0 Å². The van der Waals surface area contributed by atoms with Gasteiger partial charge in [0, 0.05) is 25.3 Å². The number of ether oxygens (including phenoxy) is 4. The standard InChI is InChI=1S/C21H28FN3O7/c1-12-10-25(11-13(2)31-12)17-14(20-28-7-8-29-20)9-15-18(16(17)22)32-24-19(15)23-21(27)30-6-4-3-5-26/h9,12-13,20,26H,3-8,10-11H2,1-2H3,(H,23,24,27)/t12-,13-/m1/s1. The van der Waals surface area contributed by atoms with Crippen LogP contribution >= 0.6 is 0 Å². The maximum absolute atomic E-state index is 15.8. The van der Waals surface area contributed by atoms with Gasteiger partial charge in [-0.25, -0.2) is 9.18 Å². The molecule has 2 fully saturated rings. The van der Waals surface area contributed by atoms with Crippen molar-refractivity contribution < 1.29 is 37.8 Å². The second-order valence-corrected chi connectivity index (χ2v) is 7.96. The van der Waals surface area contributed by atoms with Crippen LogP contribution in [0.3, 0.4) is 0 Å². The molecule has 1 aromatic heterocycles. The van der Waals surface area contributed by atoms with Gasteiger partial charge in [0.05, 0.1) is 43.1 Å². The van der Waals surface area contributed by atoms with Crippen LogP contribution < -0.4 is 10.2 Å². The van der Waals surface area contributed by atoms with E-state index in [1.165, 1.54) is 0 Å². The van der Waals surface area contributed by atoms with Crippen LogP contribution in [0.5, 0.6) is 0 Å². The molecule has 3 heterocycles. The molecule has 10 nitrogen and oxygen atoms in total. The van der Waals surface area contributed by atoms with Gasteiger partial charge in [-0.15, -0.1) is 0 Å². The van der Waals surface area contributed by atoms with Gasteiger partial charge in [-0.05, 0) is 32.8 Å². The summed E-state index contributed by atoms with van der Waals surface area (Å²) in [6.07, 6.45) is -0.603. The molecule has 1 aromatic carbocycles. The Morgan fingerprint density at radius 3 is 2.69 bits per heavy atom. The first-order chi connectivity index (χ1) is 15.5. The number of aliphatic hydroxyl groups excluding tert-OH is 1. The lowest BCUT2D eigenvalue weighted by molar-refractivity contribution is -0.0445. The van der Waals surface area contributed by atoms with Gasteiger partial charge in [0.1, 0.15) is 0 Å². The number of nitrogens with zero attached hydrogens (tertiary/aromatic N) is 2. The first-order valence-electron chi connectivity index (χ1n) is 10.8. The van der Waals surface area contributed by atoms with Gasteiger partial charge in [-0.1, -0.05) is 5.16 Å². The van der Waals surface area contributed by atoms with E-state index in [1.807, 2.05) is 18.7 Å². The minimum atomic E-state index is -0.745. The number of nitrogens with one attached hydrogen (secondary N) is 1. The number of carbonyl (C=O) groups excluding carboxylic acids is 1. The minimum absolute atomic E-state index is 0.0231. The summed E-state index contributed by atoms with van der Waals surface area (Å²) in [6, 6.07) is 1.67. The van der Waals surface area contributed by atoms with E-state index in [-0.39, 0.29) is 42.2 Å². The second-order valence-electron chi connectivity index (χ2n) is 7.96. The number of fused-ring (bicyclic) bond motifs is 1. The van der Waals surface area contributed by atoms with Gasteiger partial charge in [0.2, 0.25) is 5.58 Å². The summed E-state index contributed by atoms with van der Waals surface area (Å²) in [4.78, 5) is 14.0. The Morgan fingerprint density at radius 2 is 2.00 bits per heavy atom.